The lowest BCUT2D eigenvalue weighted by molar-refractivity contribution is -0.215. The van der Waals surface area contributed by atoms with E-state index in [1.165, 1.54) is 11.1 Å². The molecule has 1 spiro atoms. The molecule has 1 unspecified atom stereocenters. The molecule has 0 bridgehead atoms. The number of hydrogen-bond acceptors (Lipinski definition) is 6. The molecule has 2 aliphatic rings. The number of pyridine rings is 1. The number of halogens is 3. The third kappa shape index (κ3) is 4.36. The van der Waals surface area contributed by atoms with Crippen LogP contribution in [0.5, 0.6) is 0 Å². The van der Waals surface area contributed by atoms with E-state index in [4.69, 9.17) is 15.1 Å². The van der Waals surface area contributed by atoms with Gasteiger partial charge in [-0.05, 0) is 31.4 Å². The topological polar surface area (TPSA) is 95.7 Å². The minimum Gasteiger partial charge on any atom is -0.434 e. The van der Waals surface area contributed by atoms with Crippen LogP contribution in [0, 0.1) is 11.3 Å². The van der Waals surface area contributed by atoms with E-state index in [2.05, 4.69) is 9.72 Å². The van der Waals surface area contributed by atoms with Gasteiger partial charge in [-0.1, -0.05) is 0 Å². The average Bonchev–Trinajstić information content (AvgIpc) is 3.09. The quantitative estimate of drug-likeness (QED) is 0.838. The summed E-state index contributed by atoms with van der Waals surface area (Å²) in [5, 5.41) is 17.6. The number of amides is 1. The number of aliphatic hydroxyl groups excluding tert-OH is 1. The zero-order valence-corrected chi connectivity index (χ0v) is 15.0. The van der Waals surface area contributed by atoms with Gasteiger partial charge in [-0.3, -0.25) is 4.98 Å². The van der Waals surface area contributed by atoms with Gasteiger partial charge in [0.2, 0.25) is 6.10 Å². The first-order valence-electron chi connectivity index (χ1n) is 8.89. The smallest absolute Gasteiger partial charge is 0.427 e. The zero-order chi connectivity index (χ0) is 20.4. The molecule has 28 heavy (non-hydrogen) atoms. The van der Waals surface area contributed by atoms with Gasteiger partial charge in [0.25, 0.3) is 0 Å². The molecule has 7 nitrogen and oxygen atoms in total. The van der Waals surface area contributed by atoms with Crippen LogP contribution in [0.15, 0.2) is 18.3 Å². The summed E-state index contributed by atoms with van der Waals surface area (Å²) in [4.78, 5) is 17.5. The SMILES string of the molecule is N#Cc1ccc(C2COC3(CCN(C(=O)O[C@H](CO)C(F)(F)F)CC3)C2)nc1. The van der Waals surface area contributed by atoms with Crippen molar-refractivity contribution in [1.29, 1.82) is 5.26 Å². The number of likely N-dealkylation sites (tertiary alicyclic amines) is 1. The standard InChI is InChI=1S/C18H20F3N3O4/c19-18(20,21)15(10-25)28-16(26)24-5-3-17(4-6-24)7-13(11-27-17)14-2-1-12(8-22)9-23-14/h1-2,9,13,15,25H,3-7,10-11H2/t13?,15-/m1/s1. The van der Waals surface area contributed by atoms with E-state index in [1.54, 1.807) is 12.1 Å². The molecule has 3 heterocycles. The van der Waals surface area contributed by atoms with Crippen molar-refractivity contribution in [3.8, 4) is 6.07 Å². The fraction of sp³-hybridized carbons (Fsp3) is 0.611. The fourth-order valence-corrected chi connectivity index (χ4v) is 3.60. The van der Waals surface area contributed by atoms with Crippen LogP contribution in [0.3, 0.4) is 0 Å². The molecule has 0 radical (unpaired) electrons. The van der Waals surface area contributed by atoms with Crippen LogP contribution in [-0.4, -0.2) is 65.3 Å². The predicted octanol–water partition coefficient (Wildman–Crippen LogP) is 2.35. The molecule has 1 aromatic heterocycles. The molecule has 10 heteroatoms. The summed E-state index contributed by atoms with van der Waals surface area (Å²) in [6, 6.07) is 5.51. The molecular formula is C18H20F3N3O4. The van der Waals surface area contributed by atoms with E-state index >= 15 is 0 Å². The lowest BCUT2D eigenvalue weighted by Crippen LogP contribution is -2.48. The Morgan fingerprint density at radius 1 is 1.46 bits per heavy atom. The molecule has 2 fully saturated rings. The first-order chi connectivity index (χ1) is 13.3. The van der Waals surface area contributed by atoms with Gasteiger partial charge >= 0.3 is 12.3 Å². The lowest BCUT2D eigenvalue weighted by Gasteiger charge is -2.38. The van der Waals surface area contributed by atoms with Crippen LogP contribution < -0.4 is 0 Å². The number of carbonyl (C=O) groups is 1. The summed E-state index contributed by atoms with van der Waals surface area (Å²) in [7, 11) is 0. The van der Waals surface area contributed by atoms with Crippen molar-refractivity contribution in [1.82, 2.24) is 9.88 Å². The third-order valence-corrected chi connectivity index (χ3v) is 5.25. The van der Waals surface area contributed by atoms with Crippen LogP contribution in [0.25, 0.3) is 0 Å². The molecule has 0 saturated carbocycles. The third-order valence-electron chi connectivity index (χ3n) is 5.25. The summed E-state index contributed by atoms with van der Waals surface area (Å²) < 4.78 is 48.3. The van der Waals surface area contributed by atoms with Gasteiger partial charge in [0.05, 0.1) is 24.4 Å². The molecular weight excluding hydrogens is 379 g/mol. The molecule has 2 atom stereocenters. The minimum atomic E-state index is -4.81. The number of rotatable bonds is 3. The van der Waals surface area contributed by atoms with Crippen molar-refractivity contribution in [2.75, 3.05) is 26.3 Å². The second kappa shape index (κ2) is 7.93. The molecule has 0 aromatic carbocycles. The normalized spacial score (nSPS) is 22.7. The van der Waals surface area contributed by atoms with Crippen LogP contribution in [-0.2, 0) is 9.47 Å². The molecule has 1 amide bonds. The summed E-state index contributed by atoms with van der Waals surface area (Å²) in [6.45, 7) is -0.426. The van der Waals surface area contributed by atoms with E-state index in [0.29, 0.717) is 31.4 Å². The summed E-state index contributed by atoms with van der Waals surface area (Å²) in [6.07, 6.45) is -5.26. The molecule has 1 aromatic rings. The molecule has 2 saturated heterocycles. The van der Waals surface area contributed by atoms with E-state index in [-0.39, 0.29) is 19.0 Å². The summed E-state index contributed by atoms with van der Waals surface area (Å²) in [5.74, 6) is 0.0650. The summed E-state index contributed by atoms with van der Waals surface area (Å²) in [5.41, 5.74) is 0.857. The zero-order valence-electron chi connectivity index (χ0n) is 15.0. The maximum Gasteiger partial charge on any atom is 0.427 e. The first kappa shape index (κ1) is 20.4. The van der Waals surface area contributed by atoms with Gasteiger partial charge in [0.15, 0.2) is 0 Å². The van der Waals surface area contributed by atoms with Gasteiger partial charge in [-0.15, -0.1) is 0 Å². The number of alkyl halides is 3. The van der Waals surface area contributed by atoms with E-state index in [0.717, 1.165) is 5.69 Å². The molecule has 1 N–H and O–H groups in total. The Morgan fingerprint density at radius 3 is 2.71 bits per heavy atom. The van der Waals surface area contributed by atoms with Gasteiger partial charge in [-0.25, -0.2) is 4.79 Å². The predicted molar refractivity (Wildman–Crippen MR) is 89.2 cm³/mol. The maximum atomic E-state index is 12.6. The molecule has 2 aliphatic heterocycles. The van der Waals surface area contributed by atoms with Gasteiger partial charge < -0.3 is 19.5 Å². The maximum absolute atomic E-state index is 12.6. The number of ether oxygens (including phenoxy) is 2. The Balaban J connectivity index is 1.55. The average molecular weight is 399 g/mol. The Morgan fingerprint density at radius 2 is 2.18 bits per heavy atom. The fourth-order valence-electron chi connectivity index (χ4n) is 3.60. The highest BCUT2D eigenvalue weighted by Crippen LogP contribution is 2.42. The Kier molecular flexibility index (Phi) is 5.76. The van der Waals surface area contributed by atoms with Gasteiger partial charge in [0, 0.05) is 30.9 Å². The van der Waals surface area contributed by atoms with Crippen molar-refractivity contribution in [2.45, 2.75) is 43.1 Å². The van der Waals surface area contributed by atoms with E-state index in [9.17, 15) is 18.0 Å². The second-order valence-corrected chi connectivity index (χ2v) is 7.06. The molecule has 152 valence electrons. The van der Waals surface area contributed by atoms with Crippen molar-refractivity contribution >= 4 is 6.09 Å². The number of aromatic nitrogens is 1. The molecule has 3 rings (SSSR count). The minimum absolute atomic E-state index is 0.0650. The van der Waals surface area contributed by atoms with Crippen LogP contribution >= 0.6 is 0 Å². The highest BCUT2D eigenvalue weighted by molar-refractivity contribution is 5.68. The lowest BCUT2D eigenvalue weighted by atomic mass is 9.84. The van der Waals surface area contributed by atoms with Crippen molar-refractivity contribution in [3.63, 3.8) is 0 Å². The second-order valence-electron chi connectivity index (χ2n) is 7.06. The number of nitriles is 1. The monoisotopic (exact) mass is 399 g/mol. The number of aliphatic hydroxyl groups is 1. The van der Waals surface area contributed by atoms with E-state index < -0.39 is 30.6 Å². The van der Waals surface area contributed by atoms with Gasteiger partial charge in [-0.2, -0.15) is 18.4 Å². The van der Waals surface area contributed by atoms with Crippen LogP contribution in [0.2, 0.25) is 0 Å². The van der Waals surface area contributed by atoms with Crippen LogP contribution in [0.1, 0.15) is 36.4 Å². The van der Waals surface area contributed by atoms with E-state index in [1.807, 2.05) is 6.07 Å². The summed E-state index contributed by atoms with van der Waals surface area (Å²) >= 11 is 0. The Labute approximate surface area is 159 Å². The molecule has 0 aliphatic carbocycles. The number of piperidine rings is 1. The Hall–Kier alpha value is -2.38. The van der Waals surface area contributed by atoms with Crippen LogP contribution in [0.4, 0.5) is 18.0 Å². The first-order valence-corrected chi connectivity index (χ1v) is 8.89. The van der Waals surface area contributed by atoms with Crippen molar-refractivity contribution in [2.24, 2.45) is 0 Å². The highest BCUT2D eigenvalue weighted by atomic mass is 19.4. The van der Waals surface area contributed by atoms with Crippen molar-refractivity contribution in [3.05, 3.63) is 29.6 Å². The number of hydrogen-bond donors (Lipinski definition) is 1. The highest BCUT2D eigenvalue weighted by Gasteiger charge is 2.46. The van der Waals surface area contributed by atoms with Crippen molar-refractivity contribution < 1.29 is 32.5 Å². The number of carbonyl (C=O) groups excluding carboxylic acids is 1. The van der Waals surface area contributed by atoms with Gasteiger partial charge in [0.1, 0.15) is 6.07 Å². The largest absolute Gasteiger partial charge is 0.434 e. The number of nitrogens with zero attached hydrogens (tertiary/aromatic N) is 3. The Bertz CT molecular complexity index is 740.